The number of rotatable bonds is 9. The van der Waals surface area contributed by atoms with Gasteiger partial charge in [0.1, 0.15) is 6.61 Å². The Morgan fingerprint density at radius 3 is 2.39 bits per heavy atom. The Bertz CT molecular complexity index is 319. The van der Waals surface area contributed by atoms with Gasteiger partial charge in [0.05, 0.1) is 0 Å². The Hall–Kier alpha value is -1.31. The highest BCUT2D eigenvalue weighted by Gasteiger charge is 2.02. The number of esters is 1. The summed E-state index contributed by atoms with van der Waals surface area (Å²) in [5, 5.41) is 0. The fraction of sp³-hybridized carbons (Fsp3) is 0.500. The quantitative estimate of drug-likeness (QED) is 0.480. The average Bonchev–Trinajstić information content (AvgIpc) is 2.41. The molecule has 0 saturated carbocycles. The molecule has 18 heavy (non-hydrogen) atoms. The molecule has 0 amide bonds. The van der Waals surface area contributed by atoms with E-state index >= 15 is 0 Å². The van der Waals surface area contributed by atoms with Crippen molar-refractivity contribution in [2.24, 2.45) is 0 Å². The predicted octanol–water partition coefficient (Wildman–Crippen LogP) is 4.29. The summed E-state index contributed by atoms with van der Waals surface area (Å²) in [4.78, 5) is 11.5. The van der Waals surface area contributed by atoms with Crippen molar-refractivity contribution in [2.45, 2.75) is 51.6 Å². The lowest BCUT2D eigenvalue weighted by Gasteiger charge is -2.04. The van der Waals surface area contributed by atoms with E-state index in [0.717, 1.165) is 24.8 Å². The van der Waals surface area contributed by atoms with Crippen molar-refractivity contribution in [3.05, 3.63) is 42.8 Å². The number of carbonyl (C=O) groups is 1. The van der Waals surface area contributed by atoms with Crippen LogP contribution in [0, 0.1) is 6.92 Å². The minimum Gasteiger partial charge on any atom is -0.461 e. The molecule has 1 rings (SSSR count). The topological polar surface area (TPSA) is 26.3 Å². The molecule has 2 nitrogen and oxygen atoms in total. The summed E-state index contributed by atoms with van der Waals surface area (Å²) in [6.07, 6.45) is 7.21. The molecule has 0 aliphatic heterocycles. The van der Waals surface area contributed by atoms with Crippen molar-refractivity contribution >= 4 is 5.97 Å². The zero-order valence-corrected chi connectivity index (χ0v) is 11.1. The number of carbonyl (C=O) groups excluding carboxylic acids is 1. The van der Waals surface area contributed by atoms with Gasteiger partial charge in [-0.2, -0.15) is 0 Å². The number of hydrogen-bond donors (Lipinski definition) is 0. The van der Waals surface area contributed by atoms with Gasteiger partial charge in [-0.15, -0.1) is 0 Å². The van der Waals surface area contributed by atoms with Crippen LogP contribution in [0.25, 0.3) is 0 Å². The van der Waals surface area contributed by atoms with E-state index in [1.165, 1.54) is 19.3 Å². The standard InChI is InChI=1S/C16H23O2/c1-2-3-4-5-6-10-13-16(17)18-14-15-11-8-7-9-12-15/h7-9,11-12H,1-6,10,13-14H2. The van der Waals surface area contributed by atoms with E-state index in [1.807, 2.05) is 30.3 Å². The minimum absolute atomic E-state index is 0.0870. The molecule has 1 aromatic carbocycles. The largest absolute Gasteiger partial charge is 0.461 e. The molecule has 1 aromatic rings. The van der Waals surface area contributed by atoms with Crippen LogP contribution in [-0.2, 0) is 16.1 Å². The molecule has 99 valence electrons. The zero-order valence-electron chi connectivity index (χ0n) is 11.1. The van der Waals surface area contributed by atoms with Crippen LogP contribution in [0.15, 0.2) is 30.3 Å². The molecule has 0 heterocycles. The molecule has 0 spiro atoms. The van der Waals surface area contributed by atoms with Crippen LogP contribution in [-0.4, -0.2) is 5.97 Å². The summed E-state index contributed by atoms with van der Waals surface area (Å²) in [7, 11) is 0. The van der Waals surface area contributed by atoms with Gasteiger partial charge in [0.25, 0.3) is 0 Å². The Labute approximate surface area is 110 Å². The second kappa shape index (κ2) is 9.69. The van der Waals surface area contributed by atoms with Crippen molar-refractivity contribution in [3.8, 4) is 0 Å². The highest BCUT2D eigenvalue weighted by atomic mass is 16.5. The van der Waals surface area contributed by atoms with Crippen molar-refractivity contribution in [2.75, 3.05) is 0 Å². The molecule has 1 radical (unpaired) electrons. The van der Waals surface area contributed by atoms with E-state index in [2.05, 4.69) is 6.92 Å². The molecule has 0 N–H and O–H groups in total. The molecule has 0 atom stereocenters. The summed E-state index contributed by atoms with van der Waals surface area (Å²) in [5.41, 5.74) is 1.04. The second-order valence-corrected chi connectivity index (χ2v) is 4.52. The van der Waals surface area contributed by atoms with Crippen LogP contribution in [0.1, 0.15) is 50.5 Å². The van der Waals surface area contributed by atoms with Crippen molar-refractivity contribution < 1.29 is 9.53 Å². The first kappa shape index (κ1) is 14.7. The Kier molecular flexibility index (Phi) is 7.94. The number of benzene rings is 1. The average molecular weight is 247 g/mol. The molecule has 0 unspecified atom stereocenters. The van der Waals surface area contributed by atoms with E-state index in [9.17, 15) is 4.79 Å². The van der Waals surface area contributed by atoms with Crippen LogP contribution in [0.4, 0.5) is 0 Å². The van der Waals surface area contributed by atoms with E-state index in [0.29, 0.717) is 13.0 Å². The number of unbranched alkanes of at least 4 members (excludes halogenated alkanes) is 5. The monoisotopic (exact) mass is 247 g/mol. The van der Waals surface area contributed by atoms with Gasteiger partial charge in [-0.05, 0) is 12.0 Å². The molecular formula is C16H23O2. The smallest absolute Gasteiger partial charge is 0.306 e. The molecule has 0 aliphatic rings. The molecule has 2 heteroatoms. The van der Waals surface area contributed by atoms with Crippen molar-refractivity contribution in [1.29, 1.82) is 0 Å². The lowest BCUT2D eigenvalue weighted by atomic mass is 10.1. The van der Waals surface area contributed by atoms with Gasteiger partial charge in [-0.3, -0.25) is 4.79 Å². The Balaban J connectivity index is 2.01. The number of hydrogen-bond acceptors (Lipinski definition) is 2. The highest BCUT2D eigenvalue weighted by molar-refractivity contribution is 5.69. The van der Waals surface area contributed by atoms with E-state index in [-0.39, 0.29) is 5.97 Å². The van der Waals surface area contributed by atoms with Crippen molar-refractivity contribution in [3.63, 3.8) is 0 Å². The lowest BCUT2D eigenvalue weighted by molar-refractivity contribution is -0.145. The summed E-state index contributed by atoms with van der Waals surface area (Å²) in [6, 6.07) is 9.78. The van der Waals surface area contributed by atoms with Crippen LogP contribution < -0.4 is 0 Å². The van der Waals surface area contributed by atoms with E-state index in [1.54, 1.807) is 0 Å². The van der Waals surface area contributed by atoms with Gasteiger partial charge < -0.3 is 4.74 Å². The summed E-state index contributed by atoms with van der Waals surface area (Å²) >= 11 is 0. The van der Waals surface area contributed by atoms with Crippen LogP contribution >= 0.6 is 0 Å². The lowest BCUT2D eigenvalue weighted by Crippen LogP contribution is -2.04. The van der Waals surface area contributed by atoms with Crippen LogP contribution in [0.3, 0.4) is 0 Å². The zero-order chi connectivity index (χ0) is 13.1. The van der Waals surface area contributed by atoms with Gasteiger partial charge >= 0.3 is 5.97 Å². The maximum Gasteiger partial charge on any atom is 0.306 e. The molecule has 0 aromatic heterocycles. The third-order valence-corrected chi connectivity index (χ3v) is 2.87. The fourth-order valence-corrected chi connectivity index (χ4v) is 1.79. The Morgan fingerprint density at radius 2 is 1.67 bits per heavy atom. The third kappa shape index (κ3) is 7.10. The molecular weight excluding hydrogens is 224 g/mol. The maximum atomic E-state index is 11.5. The van der Waals surface area contributed by atoms with Crippen molar-refractivity contribution in [1.82, 2.24) is 0 Å². The summed E-state index contributed by atoms with van der Waals surface area (Å²) in [6.45, 7) is 4.20. The van der Waals surface area contributed by atoms with Gasteiger partial charge in [0.2, 0.25) is 0 Å². The van der Waals surface area contributed by atoms with E-state index in [4.69, 9.17) is 4.74 Å². The third-order valence-electron chi connectivity index (χ3n) is 2.87. The van der Waals surface area contributed by atoms with Crippen LogP contribution in [0.5, 0.6) is 0 Å². The first-order valence-electron chi connectivity index (χ1n) is 6.81. The second-order valence-electron chi connectivity index (χ2n) is 4.52. The maximum absolute atomic E-state index is 11.5. The first-order chi connectivity index (χ1) is 8.83. The molecule has 0 aliphatic carbocycles. The van der Waals surface area contributed by atoms with Gasteiger partial charge in [-0.25, -0.2) is 0 Å². The summed E-state index contributed by atoms with van der Waals surface area (Å²) < 4.78 is 5.21. The van der Waals surface area contributed by atoms with Crippen LogP contribution in [0.2, 0.25) is 0 Å². The molecule has 0 bridgehead atoms. The SMILES string of the molecule is [CH2]CCCCCCCC(=O)OCc1ccccc1. The first-order valence-corrected chi connectivity index (χ1v) is 6.81. The Morgan fingerprint density at radius 1 is 1.00 bits per heavy atom. The molecule has 0 fully saturated rings. The molecule has 0 saturated heterocycles. The normalized spacial score (nSPS) is 10.3. The fourth-order valence-electron chi connectivity index (χ4n) is 1.79. The number of ether oxygens (including phenoxy) is 1. The van der Waals surface area contributed by atoms with Gasteiger partial charge in [0, 0.05) is 6.42 Å². The summed E-state index contributed by atoms with van der Waals surface area (Å²) in [5.74, 6) is -0.0870. The van der Waals surface area contributed by atoms with Gasteiger partial charge in [-0.1, -0.05) is 69.4 Å². The minimum atomic E-state index is -0.0870. The van der Waals surface area contributed by atoms with E-state index < -0.39 is 0 Å². The van der Waals surface area contributed by atoms with Gasteiger partial charge in [0.15, 0.2) is 0 Å². The highest BCUT2D eigenvalue weighted by Crippen LogP contribution is 2.08. The predicted molar refractivity (Wildman–Crippen MR) is 73.9 cm³/mol.